The van der Waals surface area contributed by atoms with Crippen LogP contribution in [0.3, 0.4) is 0 Å². The van der Waals surface area contributed by atoms with E-state index in [-0.39, 0.29) is 64.6 Å². The molecule has 0 aliphatic heterocycles. The van der Waals surface area contributed by atoms with Crippen LogP contribution in [0.15, 0.2) is 173 Å². The van der Waals surface area contributed by atoms with Crippen molar-refractivity contribution < 1.29 is 73.9 Å². The van der Waals surface area contributed by atoms with Crippen LogP contribution in [0.4, 0.5) is 85.1 Å². The Morgan fingerprint density at radius 3 is 1.17 bits per heavy atom. The molecule has 7 N–H and O–H groups in total. The Labute approximate surface area is 571 Å². The van der Waals surface area contributed by atoms with E-state index >= 15 is 0 Å². The number of halogens is 12. The zero-order valence-corrected chi connectivity index (χ0v) is 59.6. The van der Waals surface area contributed by atoms with E-state index in [1.807, 2.05) is 12.1 Å². The molecule has 3 aromatic heterocycles. The highest BCUT2D eigenvalue weighted by Crippen LogP contribution is 2.42. The van der Waals surface area contributed by atoms with Gasteiger partial charge in [0.25, 0.3) is 0 Å². The summed E-state index contributed by atoms with van der Waals surface area (Å²) in [5, 5.41) is 7.66. The Balaban J connectivity index is 0.000000334. The van der Waals surface area contributed by atoms with E-state index < -0.39 is 94.8 Å². The molecule has 0 bridgehead atoms. The van der Waals surface area contributed by atoms with E-state index in [0.29, 0.717) is 34.8 Å². The SMILES string of the molecule is C.CC(C)S(=O)(=O)c1ccccc1N.CC(C)S(=O)(=O)c1ccccc1Nc1cc(Cl)ncc1C(F)(F)F.CC(C)S(=O)(=O)c1ccccc1Nc1cc(Nc2ccc(P(C)(C)=O)cc2)ncc1C(F)(F)F.CP(C)(=O)c1ccc(N)cc1.FC(F)(F)c1cnc(Cl)cc1I. The Morgan fingerprint density at radius 1 is 0.453 bits per heavy atom. The topological polar surface area (TPSA) is 263 Å². The molecular formula is C62H70Cl2F9IN8O8P2S3. The molecule has 5 aromatic carbocycles. The zero-order valence-electron chi connectivity index (χ0n) is 51.7. The van der Waals surface area contributed by atoms with Gasteiger partial charge in [0.1, 0.15) is 30.4 Å². The molecule has 0 amide bonds. The number of hydrogen-bond acceptors (Lipinski definition) is 16. The summed E-state index contributed by atoms with van der Waals surface area (Å²) in [5.41, 5.74) is 9.14. The second-order valence-corrected chi connectivity index (χ2v) is 37.5. The number of nitrogen functional groups attached to an aromatic ring is 2. The molecule has 0 fully saturated rings. The van der Waals surface area contributed by atoms with Gasteiger partial charge in [0, 0.05) is 50.2 Å². The highest BCUT2D eigenvalue weighted by molar-refractivity contribution is 14.1. The summed E-state index contributed by atoms with van der Waals surface area (Å²) in [6, 6.07) is 35.3. The first kappa shape index (κ1) is 82.8. The number of nitrogens with zero attached hydrogens (tertiary/aromatic N) is 3. The van der Waals surface area contributed by atoms with Crippen molar-refractivity contribution in [1.82, 2.24) is 15.0 Å². The fraction of sp³-hybridized carbons (Fsp3) is 0.274. The summed E-state index contributed by atoms with van der Waals surface area (Å²) in [4.78, 5) is 10.7. The molecule has 0 unspecified atom stereocenters. The summed E-state index contributed by atoms with van der Waals surface area (Å²) in [6.45, 7) is 16.1. The number of pyridine rings is 3. The van der Waals surface area contributed by atoms with Gasteiger partial charge in [0.2, 0.25) is 0 Å². The van der Waals surface area contributed by atoms with Crippen molar-refractivity contribution in [3.63, 3.8) is 0 Å². The Bertz CT molecular complexity index is 4380. The highest BCUT2D eigenvalue weighted by Gasteiger charge is 2.37. The number of rotatable bonds is 14. The third kappa shape index (κ3) is 23.9. The van der Waals surface area contributed by atoms with Crippen molar-refractivity contribution in [3.8, 4) is 0 Å². The van der Waals surface area contributed by atoms with Crippen molar-refractivity contribution in [2.45, 2.75) is 97.9 Å². The van der Waals surface area contributed by atoms with Crippen molar-refractivity contribution in [1.29, 1.82) is 0 Å². The molecule has 0 saturated carbocycles. The molecule has 3 heterocycles. The first-order chi connectivity index (χ1) is 43.1. The van der Waals surface area contributed by atoms with E-state index in [2.05, 4.69) is 30.9 Å². The monoisotopic (exact) mass is 1580 g/mol. The van der Waals surface area contributed by atoms with Crippen LogP contribution in [-0.4, -0.2) is 82.6 Å². The number of aromatic nitrogens is 3. The van der Waals surface area contributed by atoms with Crippen molar-refractivity contribution in [2.75, 3.05) is 54.1 Å². The molecule has 0 aliphatic rings. The molecule has 8 rings (SSSR count). The van der Waals surface area contributed by atoms with Crippen LogP contribution in [0.25, 0.3) is 0 Å². The number of benzene rings is 5. The molecule has 0 saturated heterocycles. The van der Waals surface area contributed by atoms with Crippen LogP contribution in [0.1, 0.15) is 65.7 Å². The molecule has 0 radical (unpaired) electrons. The number of nitrogens with two attached hydrogens (primary N) is 2. The largest absolute Gasteiger partial charge is 0.419 e. The smallest absolute Gasteiger partial charge is 0.399 e. The highest BCUT2D eigenvalue weighted by atomic mass is 127. The quantitative estimate of drug-likeness (QED) is 0.0223. The van der Waals surface area contributed by atoms with Gasteiger partial charge in [0.05, 0.1) is 75.6 Å². The summed E-state index contributed by atoms with van der Waals surface area (Å²) >= 11 is 12.6. The van der Waals surface area contributed by atoms with Gasteiger partial charge >= 0.3 is 18.5 Å². The molecule has 8 aromatic rings. The summed E-state index contributed by atoms with van der Waals surface area (Å²) in [6.07, 6.45) is -11.7. The van der Waals surface area contributed by atoms with Gasteiger partial charge in [0.15, 0.2) is 29.5 Å². The number of para-hydroxylation sites is 3. The van der Waals surface area contributed by atoms with Crippen molar-refractivity contribution in [3.05, 3.63) is 189 Å². The second-order valence-electron chi connectivity index (χ2n) is 21.7. The average molecular weight is 1580 g/mol. The number of sulfone groups is 3. The van der Waals surface area contributed by atoms with Crippen LogP contribution >= 0.6 is 60.1 Å². The Kier molecular flexibility index (Phi) is 29.3. The molecular weight excluding hydrogens is 1510 g/mol. The van der Waals surface area contributed by atoms with Crippen LogP contribution in [0.5, 0.6) is 0 Å². The molecule has 33 heteroatoms. The van der Waals surface area contributed by atoms with E-state index in [1.165, 1.54) is 94.4 Å². The number of hydrogen-bond donors (Lipinski definition) is 5. The molecule has 0 atom stereocenters. The normalized spacial score (nSPS) is 12.1. The average Bonchev–Trinajstić information content (AvgIpc) is 0.807. The molecule has 16 nitrogen and oxygen atoms in total. The van der Waals surface area contributed by atoms with E-state index in [9.17, 15) is 73.9 Å². The van der Waals surface area contributed by atoms with Crippen LogP contribution < -0.4 is 38.0 Å². The molecule has 518 valence electrons. The first-order valence-electron chi connectivity index (χ1n) is 27.4. The summed E-state index contributed by atoms with van der Waals surface area (Å²) in [7, 11) is -15.2. The van der Waals surface area contributed by atoms with E-state index in [0.717, 1.165) is 17.6 Å². The molecule has 95 heavy (non-hydrogen) atoms. The van der Waals surface area contributed by atoms with Crippen LogP contribution in [0, 0.1) is 3.57 Å². The number of alkyl halides is 9. The first-order valence-corrected chi connectivity index (χ1v) is 39.1. The third-order valence-electron chi connectivity index (χ3n) is 12.8. The minimum absolute atomic E-state index is 0. The van der Waals surface area contributed by atoms with Gasteiger partial charge in [-0.25, -0.2) is 40.2 Å². The summed E-state index contributed by atoms with van der Waals surface area (Å²) < 4.78 is 214. The predicted molar refractivity (Wildman–Crippen MR) is 373 cm³/mol. The number of anilines is 8. The van der Waals surface area contributed by atoms with Gasteiger partial charge in [-0.2, -0.15) is 39.5 Å². The lowest BCUT2D eigenvalue weighted by atomic mass is 10.2. The maximum Gasteiger partial charge on any atom is 0.419 e. The van der Waals surface area contributed by atoms with Gasteiger partial charge in [-0.05, 0) is 188 Å². The maximum absolute atomic E-state index is 13.7. The Morgan fingerprint density at radius 2 is 0.789 bits per heavy atom. The maximum atomic E-state index is 13.7. The van der Waals surface area contributed by atoms with Crippen molar-refractivity contribution in [2.24, 2.45) is 0 Å². The van der Waals surface area contributed by atoms with Gasteiger partial charge in [-0.1, -0.05) is 67.0 Å². The molecule has 0 aliphatic carbocycles. The van der Waals surface area contributed by atoms with Crippen molar-refractivity contribution >= 4 is 146 Å². The van der Waals surface area contributed by atoms with E-state index in [1.54, 1.807) is 118 Å². The fourth-order valence-electron chi connectivity index (χ4n) is 7.54. The van der Waals surface area contributed by atoms with Crippen LogP contribution in [0.2, 0.25) is 10.3 Å². The van der Waals surface area contributed by atoms with Crippen LogP contribution in [-0.2, 0) is 57.2 Å². The lowest BCUT2D eigenvalue weighted by Crippen LogP contribution is -2.16. The van der Waals surface area contributed by atoms with Gasteiger partial charge < -0.3 is 36.5 Å². The van der Waals surface area contributed by atoms with E-state index in [4.69, 9.17) is 34.7 Å². The van der Waals surface area contributed by atoms with Gasteiger partial charge in [-0.15, -0.1) is 0 Å². The Hall–Kier alpha value is -6.46. The summed E-state index contributed by atoms with van der Waals surface area (Å²) in [5.74, 6) is 0.114. The lowest BCUT2D eigenvalue weighted by Gasteiger charge is -2.19. The lowest BCUT2D eigenvalue weighted by molar-refractivity contribution is -0.139. The fourth-order valence-corrected chi connectivity index (χ4v) is 14.1. The molecule has 0 spiro atoms. The predicted octanol–water partition coefficient (Wildman–Crippen LogP) is 17.7. The minimum Gasteiger partial charge on any atom is -0.399 e. The van der Waals surface area contributed by atoms with Gasteiger partial charge in [-0.3, -0.25) is 0 Å². The zero-order chi connectivity index (χ0) is 71.3. The minimum atomic E-state index is -4.72. The standard InChI is InChI=1S/C23H25F3N3O3PS.C15H14ClF3N2O2S.C9H13NO2S.C8H12NOP.C6H2ClF3IN.CH4/c1-15(2)34(31,32)21-8-6-5-7-19(21)29-20-13-22(27-14-18(20)23(24,25)26)28-16-9-11-17(12-10-16)33(3,4)30;1-9(2)24(22,23)13-6-4-3-5-11(13)21-12-7-14(16)20-8-10(12)15(17,18)19;1-7(2)13(11,12)9-6-4-3-5-8(9)10;1-11(2,10)8-5-3-7(9)4-6-8;7-5-1-4(11)3(2-12-5)6(8,9)10;/h5-15H,1-4H3,(H2,27,28,29);3-9H,1-2H3,(H,20,21);3-7H,10H2,1-2H3;3-6H,9H2,1-2H3;1-2H;1H4. The second kappa shape index (κ2) is 33.7. The number of nitrogens with one attached hydrogen (secondary N) is 3. The third-order valence-corrected chi connectivity index (χ3v) is 23.8.